The molecule has 17 heavy (non-hydrogen) atoms. The normalized spacial score (nSPS) is 10.5. The second-order valence-electron chi connectivity index (χ2n) is 2.91. The predicted octanol–water partition coefficient (Wildman–Crippen LogP) is 0.159. The molecular formula is C7H10N8S2. The Morgan fingerprint density at radius 2 is 2.24 bits per heavy atom. The van der Waals surface area contributed by atoms with E-state index in [1.165, 1.54) is 23.5 Å². The average molecular weight is 270 g/mol. The van der Waals surface area contributed by atoms with Gasteiger partial charge in [-0.3, -0.25) is 0 Å². The Hall–Kier alpha value is -1.39. The summed E-state index contributed by atoms with van der Waals surface area (Å²) in [7, 11) is 1.76. The first-order valence-corrected chi connectivity index (χ1v) is 6.57. The van der Waals surface area contributed by atoms with Crippen LogP contribution in [-0.2, 0) is 7.05 Å². The van der Waals surface area contributed by atoms with E-state index in [2.05, 4.69) is 30.9 Å². The van der Waals surface area contributed by atoms with E-state index in [1.54, 1.807) is 17.8 Å². The summed E-state index contributed by atoms with van der Waals surface area (Å²) < 4.78 is 1.57. The van der Waals surface area contributed by atoms with Crippen molar-refractivity contribution >= 4 is 29.3 Å². The molecule has 2 aromatic rings. The lowest BCUT2D eigenvalue weighted by atomic mass is 10.6. The van der Waals surface area contributed by atoms with Crippen LogP contribution in [0.2, 0.25) is 0 Å². The Morgan fingerprint density at radius 3 is 2.82 bits per heavy atom. The third kappa shape index (κ3) is 2.84. The molecule has 90 valence electrons. The Morgan fingerprint density at radius 1 is 1.41 bits per heavy atom. The van der Waals surface area contributed by atoms with Crippen molar-refractivity contribution in [2.24, 2.45) is 12.9 Å². The molecule has 2 heterocycles. The fourth-order valence-electron chi connectivity index (χ4n) is 1.02. The van der Waals surface area contributed by atoms with Crippen LogP contribution >= 0.6 is 23.5 Å². The molecule has 0 spiro atoms. The molecule has 0 fully saturated rings. The molecule has 0 saturated carbocycles. The number of aryl methyl sites for hydroxylation is 1. The molecule has 10 heteroatoms. The molecular weight excluding hydrogens is 260 g/mol. The summed E-state index contributed by atoms with van der Waals surface area (Å²) in [5, 5.41) is 13.2. The Bertz CT molecular complexity index is 490. The minimum Gasteiger partial charge on any atom is -0.308 e. The number of anilines is 1. The van der Waals surface area contributed by atoms with Gasteiger partial charge < -0.3 is 5.43 Å². The highest BCUT2D eigenvalue weighted by Gasteiger charge is 2.09. The topological polar surface area (TPSA) is 107 Å². The third-order valence-corrected chi connectivity index (χ3v) is 3.28. The van der Waals surface area contributed by atoms with Crippen molar-refractivity contribution in [3.8, 4) is 0 Å². The number of aromatic nitrogens is 6. The van der Waals surface area contributed by atoms with Crippen molar-refractivity contribution in [3.05, 3.63) is 6.07 Å². The first-order valence-electron chi connectivity index (χ1n) is 4.53. The molecule has 0 atom stereocenters. The van der Waals surface area contributed by atoms with Crippen LogP contribution in [0.1, 0.15) is 0 Å². The zero-order valence-corrected chi connectivity index (χ0v) is 10.8. The van der Waals surface area contributed by atoms with Crippen molar-refractivity contribution in [2.75, 3.05) is 11.7 Å². The summed E-state index contributed by atoms with van der Waals surface area (Å²) in [5.41, 5.74) is 2.50. The molecule has 0 amide bonds. The summed E-state index contributed by atoms with van der Waals surface area (Å²) in [4.78, 5) is 8.49. The van der Waals surface area contributed by atoms with Gasteiger partial charge in [-0.15, -0.1) is 5.10 Å². The van der Waals surface area contributed by atoms with Gasteiger partial charge in [-0.25, -0.2) is 20.5 Å². The summed E-state index contributed by atoms with van der Waals surface area (Å²) in [6, 6.07) is 1.74. The maximum absolute atomic E-state index is 5.34. The van der Waals surface area contributed by atoms with Crippen molar-refractivity contribution in [1.82, 2.24) is 30.2 Å². The van der Waals surface area contributed by atoms with Crippen LogP contribution in [0.25, 0.3) is 0 Å². The molecule has 0 aromatic carbocycles. The van der Waals surface area contributed by atoms with E-state index < -0.39 is 0 Å². The van der Waals surface area contributed by atoms with Crippen molar-refractivity contribution in [2.45, 2.75) is 15.3 Å². The number of tetrazole rings is 1. The van der Waals surface area contributed by atoms with Gasteiger partial charge in [-0.1, -0.05) is 11.8 Å². The molecule has 2 aromatic heterocycles. The number of nitrogens with one attached hydrogen (secondary N) is 1. The number of hydrogen-bond donors (Lipinski definition) is 2. The Labute approximate surface area is 106 Å². The van der Waals surface area contributed by atoms with Gasteiger partial charge in [0.2, 0.25) is 5.16 Å². The van der Waals surface area contributed by atoms with Gasteiger partial charge in [0.15, 0.2) is 5.16 Å². The minimum absolute atomic E-state index is 0.557. The number of nitrogen functional groups attached to an aromatic ring is 1. The van der Waals surface area contributed by atoms with Gasteiger partial charge in [0, 0.05) is 13.1 Å². The molecule has 0 radical (unpaired) electrons. The fourth-order valence-corrected chi connectivity index (χ4v) is 2.20. The monoisotopic (exact) mass is 270 g/mol. The van der Waals surface area contributed by atoms with Crippen LogP contribution in [-0.4, -0.2) is 36.4 Å². The van der Waals surface area contributed by atoms with E-state index in [0.717, 1.165) is 5.03 Å². The predicted molar refractivity (Wildman–Crippen MR) is 64.5 cm³/mol. The molecule has 0 bridgehead atoms. The van der Waals surface area contributed by atoms with Crippen LogP contribution < -0.4 is 11.3 Å². The minimum atomic E-state index is 0.557. The fraction of sp³-hybridized carbons (Fsp3) is 0.286. The lowest BCUT2D eigenvalue weighted by Crippen LogP contribution is -2.09. The molecule has 0 aliphatic heterocycles. The largest absolute Gasteiger partial charge is 0.308 e. The SMILES string of the molecule is CSc1nc(NN)cc(Sc2nnnn2C)n1. The Balaban J connectivity index is 2.29. The number of thioether (sulfide) groups is 1. The van der Waals surface area contributed by atoms with Crippen LogP contribution in [0.3, 0.4) is 0 Å². The van der Waals surface area contributed by atoms with Gasteiger partial charge in [0.1, 0.15) is 10.8 Å². The number of hydrogen-bond acceptors (Lipinski definition) is 9. The second-order valence-corrected chi connectivity index (χ2v) is 4.67. The highest BCUT2D eigenvalue weighted by Crippen LogP contribution is 2.26. The van der Waals surface area contributed by atoms with Crippen LogP contribution in [0.5, 0.6) is 0 Å². The lowest BCUT2D eigenvalue weighted by Gasteiger charge is -2.04. The number of nitrogens with two attached hydrogens (primary N) is 1. The number of nitrogens with zero attached hydrogens (tertiary/aromatic N) is 6. The average Bonchev–Trinajstić information content (AvgIpc) is 2.74. The van der Waals surface area contributed by atoms with Gasteiger partial charge >= 0.3 is 0 Å². The van der Waals surface area contributed by atoms with E-state index in [1.807, 2.05) is 6.26 Å². The van der Waals surface area contributed by atoms with E-state index in [9.17, 15) is 0 Å². The van der Waals surface area contributed by atoms with Crippen molar-refractivity contribution in [1.29, 1.82) is 0 Å². The zero-order chi connectivity index (χ0) is 12.3. The Kier molecular flexibility index (Phi) is 3.76. The molecule has 8 nitrogen and oxygen atoms in total. The van der Waals surface area contributed by atoms with Gasteiger partial charge in [-0.05, 0) is 28.4 Å². The smallest absolute Gasteiger partial charge is 0.215 e. The molecule has 2 rings (SSSR count). The molecule has 0 unspecified atom stereocenters. The summed E-state index contributed by atoms with van der Waals surface area (Å²) in [6.07, 6.45) is 1.90. The second kappa shape index (κ2) is 5.29. The lowest BCUT2D eigenvalue weighted by molar-refractivity contribution is 0.664. The van der Waals surface area contributed by atoms with Crippen LogP contribution in [0.4, 0.5) is 5.82 Å². The zero-order valence-electron chi connectivity index (χ0n) is 9.15. The van der Waals surface area contributed by atoms with Gasteiger partial charge in [0.05, 0.1) is 0 Å². The van der Waals surface area contributed by atoms with Gasteiger partial charge in [0.25, 0.3) is 0 Å². The standard InChI is InChI=1S/C7H10N8S2/c1-15-7(12-13-14-15)17-5-3-4(11-8)9-6(10-5)16-2/h3H,8H2,1-2H3,(H,9,10,11). The van der Waals surface area contributed by atoms with E-state index in [4.69, 9.17) is 5.84 Å². The number of hydrazine groups is 1. The summed E-state index contributed by atoms with van der Waals surface area (Å²) in [5.74, 6) is 5.90. The van der Waals surface area contributed by atoms with Crippen LogP contribution in [0.15, 0.2) is 21.4 Å². The van der Waals surface area contributed by atoms with Crippen molar-refractivity contribution < 1.29 is 0 Å². The van der Waals surface area contributed by atoms with E-state index in [0.29, 0.717) is 16.1 Å². The molecule has 0 saturated heterocycles. The first-order chi connectivity index (χ1) is 8.22. The van der Waals surface area contributed by atoms with Crippen molar-refractivity contribution in [3.63, 3.8) is 0 Å². The highest BCUT2D eigenvalue weighted by molar-refractivity contribution is 7.99. The summed E-state index contributed by atoms with van der Waals surface area (Å²) in [6.45, 7) is 0. The third-order valence-electron chi connectivity index (χ3n) is 1.79. The maximum atomic E-state index is 5.34. The first kappa shape index (κ1) is 12.1. The van der Waals surface area contributed by atoms with E-state index >= 15 is 0 Å². The van der Waals surface area contributed by atoms with Crippen LogP contribution in [0, 0.1) is 0 Å². The molecule has 0 aliphatic rings. The van der Waals surface area contributed by atoms with Gasteiger partial charge in [-0.2, -0.15) is 0 Å². The molecule has 3 N–H and O–H groups in total. The maximum Gasteiger partial charge on any atom is 0.215 e. The summed E-state index contributed by atoms with van der Waals surface area (Å²) >= 11 is 2.79. The molecule has 0 aliphatic carbocycles. The number of rotatable bonds is 4. The quantitative estimate of drug-likeness (QED) is 0.264. The van der Waals surface area contributed by atoms with E-state index in [-0.39, 0.29) is 0 Å². The highest BCUT2D eigenvalue weighted by atomic mass is 32.2.